The molecule has 4 atom stereocenters. The van der Waals surface area contributed by atoms with E-state index in [9.17, 15) is 8.76 Å². The summed E-state index contributed by atoms with van der Waals surface area (Å²) in [5.74, 6) is 2.07. The van der Waals surface area contributed by atoms with Crippen LogP contribution in [0.3, 0.4) is 0 Å². The average molecular weight is 258 g/mol. The van der Waals surface area contributed by atoms with Gasteiger partial charge in [-0.2, -0.15) is 0 Å². The van der Waals surface area contributed by atoms with Crippen LogP contribution in [0.25, 0.3) is 0 Å². The fourth-order valence-electron chi connectivity index (χ4n) is 4.67. The molecule has 0 aromatic heterocycles. The van der Waals surface area contributed by atoms with Gasteiger partial charge < -0.3 is 4.55 Å². The van der Waals surface area contributed by atoms with Gasteiger partial charge in [0.15, 0.2) is 0 Å². The zero-order chi connectivity index (χ0) is 12.8. The van der Waals surface area contributed by atoms with Gasteiger partial charge in [-0.1, -0.05) is 27.7 Å². The largest absolute Gasteiger partial charge is 0.760 e. The van der Waals surface area contributed by atoms with Crippen LogP contribution in [-0.4, -0.2) is 15.3 Å². The normalized spacial score (nSPS) is 41.1. The third-order valence-electron chi connectivity index (χ3n) is 5.80. The number of nitrogens with one attached hydrogen (secondary N) is 1. The van der Waals surface area contributed by atoms with Crippen molar-refractivity contribution in [3.63, 3.8) is 0 Å². The van der Waals surface area contributed by atoms with Crippen molar-refractivity contribution in [3.8, 4) is 0 Å². The maximum atomic E-state index is 10.8. The fraction of sp³-hybridized carbons (Fsp3) is 1.00. The maximum Gasteiger partial charge on any atom is 0.0181 e. The van der Waals surface area contributed by atoms with E-state index in [1.807, 2.05) is 0 Å². The second-order valence-electron chi connectivity index (χ2n) is 6.76. The molecule has 2 rings (SSSR count). The maximum absolute atomic E-state index is 10.8. The molecule has 100 valence electrons. The van der Waals surface area contributed by atoms with Gasteiger partial charge >= 0.3 is 0 Å². The van der Waals surface area contributed by atoms with Gasteiger partial charge in [-0.25, -0.2) is 4.72 Å². The smallest absolute Gasteiger partial charge is 0.0181 e. The SMILES string of the molecule is CC(C)C1CC2CCC1(CNS(=O)[O-])C2(C)C. The lowest BCUT2D eigenvalue weighted by Gasteiger charge is -2.44. The quantitative estimate of drug-likeness (QED) is 0.788. The summed E-state index contributed by atoms with van der Waals surface area (Å²) in [4.78, 5) is 0. The van der Waals surface area contributed by atoms with Crippen molar-refractivity contribution in [1.29, 1.82) is 0 Å². The van der Waals surface area contributed by atoms with Crippen LogP contribution in [0.2, 0.25) is 0 Å². The van der Waals surface area contributed by atoms with E-state index in [2.05, 4.69) is 32.4 Å². The van der Waals surface area contributed by atoms with Crippen molar-refractivity contribution in [3.05, 3.63) is 0 Å². The molecular weight excluding hydrogens is 234 g/mol. The van der Waals surface area contributed by atoms with Gasteiger partial charge in [0.2, 0.25) is 0 Å². The monoisotopic (exact) mass is 258 g/mol. The summed E-state index contributed by atoms with van der Waals surface area (Å²) in [6, 6.07) is 0. The molecule has 2 fully saturated rings. The van der Waals surface area contributed by atoms with Crippen molar-refractivity contribution >= 4 is 11.3 Å². The molecule has 0 aliphatic heterocycles. The molecule has 4 unspecified atom stereocenters. The molecule has 0 radical (unpaired) electrons. The van der Waals surface area contributed by atoms with E-state index in [1.165, 1.54) is 19.3 Å². The van der Waals surface area contributed by atoms with Crippen molar-refractivity contribution in [2.75, 3.05) is 6.54 Å². The predicted octanol–water partition coefficient (Wildman–Crippen LogP) is 2.47. The number of hydrogen-bond acceptors (Lipinski definition) is 2. The predicted molar refractivity (Wildman–Crippen MR) is 68.8 cm³/mol. The molecule has 17 heavy (non-hydrogen) atoms. The molecule has 0 saturated heterocycles. The van der Waals surface area contributed by atoms with E-state index in [0.29, 0.717) is 18.4 Å². The van der Waals surface area contributed by atoms with Crippen molar-refractivity contribution in [1.82, 2.24) is 4.72 Å². The molecule has 2 saturated carbocycles. The van der Waals surface area contributed by atoms with Gasteiger partial charge in [0, 0.05) is 17.8 Å². The number of rotatable bonds is 4. The van der Waals surface area contributed by atoms with E-state index in [0.717, 1.165) is 5.92 Å². The summed E-state index contributed by atoms with van der Waals surface area (Å²) in [5.41, 5.74) is 0.445. The summed E-state index contributed by atoms with van der Waals surface area (Å²) in [6.07, 6.45) is 3.72. The molecule has 2 bridgehead atoms. The Morgan fingerprint density at radius 2 is 2.12 bits per heavy atom. The summed E-state index contributed by atoms with van der Waals surface area (Å²) >= 11 is -2.13. The molecule has 2 aliphatic rings. The molecule has 0 amide bonds. The van der Waals surface area contributed by atoms with Gasteiger partial charge in [-0.05, 0) is 47.8 Å². The van der Waals surface area contributed by atoms with Crippen LogP contribution in [0.15, 0.2) is 0 Å². The Labute approximate surface area is 107 Å². The summed E-state index contributed by atoms with van der Waals surface area (Å²) in [5, 5.41) is 0. The summed E-state index contributed by atoms with van der Waals surface area (Å²) in [6.45, 7) is 9.84. The first kappa shape index (κ1) is 13.5. The Kier molecular flexibility index (Phi) is 3.43. The summed E-state index contributed by atoms with van der Waals surface area (Å²) < 4.78 is 24.3. The molecule has 1 N–H and O–H groups in total. The zero-order valence-electron chi connectivity index (χ0n) is 11.3. The van der Waals surface area contributed by atoms with Crippen molar-refractivity contribution < 1.29 is 8.76 Å². The Morgan fingerprint density at radius 1 is 1.47 bits per heavy atom. The van der Waals surface area contributed by atoms with E-state index in [-0.39, 0.29) is 10.8 Å². The Hall–Kier alpha value is 0.0700. The van der Waals surface area contributed by atoms with E-state index in [1.54, 1.807) is 0 Å². The van der Waals surface area contributed by atoms with Crippen molar-refractivity contribution in [2.45, 2.75) is 47.0 Å². The second-order valence-corrected chi connectivity index (χ2v) is 7.51. The van der Waals surface area contributed by atoms with E-state index >= 15 is 0 Å². The molecule has 3 nitrogen and oxygen atoms in total. The molecular formula is C13H24NO2S-. The highest BCUT2D eigenvalue weighted by Crippen LogP contribution is 2.69. The molecule has 0 aromatic carbocycles. The first-order chi connectivity index (χ1) is 7.81. The lowest BCUT2D eigenvalue weighted by molar-refractivity contribution is 0.0599. The van der Waals surface area contributed by atoms with Crippen molar-refractivity contribution in [2.24, 2.45) is 28.6 Å². The van der Waals surface area contributed by atoms with Crippen LogP contribution in [0, 0.1) is 28.6 Å². The molecule has 0 aromatic rings. The fourth-order valence-corrected chi connectivity index (χ4v) is 5.05. The Morgan fingerprint density at radius 3 is 2.59 bits per heavy atom. The standard InChI is InChI=1S/C13H25NO2S/c1-9(2)11-7-10-5-6-13(11,12(10,3)4)8-14-17(15)16/h9-11,14H,5-8H2,1-4H3,(H,15,16)/p-1. The average Bonchev–Trinajstić information content (AvgIpc) is 2.60. The van der Waals surface area contributed by atoms with Gasteiger partial charge in [-0.3, -0.25) is 4.21 Å². The molecule has 4 heteroatoms. The topological polar surface area (TPSA) is 52.2 Å². The highest BCUT2D eigenvalue weighted by molar-refractivity contribution is 7.77. The lowest BCUT2D eigenvalue weighted by atomic mass is 9.62. The van der Waals surface area contributed by atoms with E-state index in [4.69, 9.17) is 0 Å². The number of fused-ring (bicyclic) bond motifs is 2. The minimum absolute atomic E-state index is 0.173. The second kappa shape index (κ2) is 4.32. The third-order valence-corrected chi connectivity index (χ3v) is 6.18. The van der Waals surface area contributed by atoms with Gasteiger partial charge in [0.25, 0.3) is 0 Å². The van der Waals surface area contributed by atoms with E-state index < -0.39 is 11.3 Å². The highest BCUT2D eigenvalue weighted by Gasteiger charge is 2.63. The molecule has 2 aliphatic carbocycles. The van der Waals surface area contributed by atoms with Gasteiger partial charge in [0.05, 0.1) is 0 Å². The molecule has 0 spiro atoms. The Bertz CT molecular complexity index is 329. The minimum atomic E-state index is -2.13. The van der Waals surface area contributed by atoms with Crippen LogP contribution in [0.5, 0.6) is 0 Å². The molecule has 0 heterocycles. The van der Waals surface area contributed by atoms with Crippen LogP contribution in [-0.2, 0) is 11.3 Å². The Balaban J connectivity index is 2.26. The van der Waals surface area contributed by atoms with Gasteiger partial charge in [-0.15, -0.1) is 0 Å². The lowest BCUT2D eigenvalue weighted by Crippen LogP contribution is -2.46. The van der Waals surface area contributed by atoms with Gasteiger partial charge in [0.1, 0.15) is 0 Å². The highest BCUT2D eigenvalue weighted by atomic mass is 32.2. The summed E-state index contributed by atoms with van der Waals surface area (Å²) in [7, 11) is 0. The van der Waals surface area contributed by atoms with Crippen LogP contribution in [0.1, 0.15) is 47.0 Å². The first-order valence-corrected chi connectivity index (χ1v) is 7.71. The van der Waals surface area contributed by atoms with Crippen LogP contribution in [0.4, 0.5) is 0 Å². The van der Waals surface area contributed by atoms with Crippen LogP contribution >= 0.6 is 0 Å². The number of hydrogen-bond donors (Lipinski definition) is 1. The van der Waals surface area contributed by atoms with Crippen LogP contribution < -0.4 is 4.72 Å². The third kappa shape index (κ3) is 1.89. The minimum Gasteiger partial charge on any atom is -0.760 e. The zero-order valence-corrected chi connectivity index (χ0v) is 12.1. The first-order valence-electron chi connectivity index (χ1n) is 6.64.